The van der Waals surface area contributed by atoms with Gasteiger partial charge in [0.05, 0.1) is 32.4 Å². The zero-order valence-corrected chi connectivity index (χ0v) is 25.9. The number of unbranched alkanes of at least 4 members (excludes halogenated alkanes) is 1. The Hall–Kier alpha value is -4.42. The molecule has 1 atom stereocenters. The number of aliphatic hydroxyl groups excluding tert-OH is 1. The normalized spacial score (nSPS) is 15.9. The van der Waals surface area contributed by atoms with E-state index in [0.29, 0.717) is 45.1 Å². The number of amides is 1. The van der Waals surface area contributed by atoms with E-state index in [9.17, 15) is 19.1 Å². The number of Topliss-reactive ketones (excluding diaryl/α,β-unsaturated/α-hetero) is 1. The summed E-state index contributed by atoms with van der Waals surface area (Å²) < 4.78 is 30.6. The van der Waals surface area contributed by atoms with E-state index in [1.807, 2.05) is 0 Å². The van der Waals surface area contributed by atoms with Crippen molar-refractivity contribution in [2.75, 3.05) is 25.7 Å². The lowest BCUT2D eigenvalue weighted by Gasteiger charge is -2.23. The molecule has 1 amide bonds. The second kappa shape index (κ2) is 13.9. The van der Waals surface area contributed by atoms with Crippen molar-refractivity contribution in [1.82, 2.24) is 10.2 Å². The van der Waals surface area contributed by atoms with Gasteiger partial charge in [-0.25, -0.2) is 4.39 Å². The van der Waals surface area contributed by atoms with Crippen LogP contribution in [-0.2, 0) is 15.3 Å². The number of benzene rings is 3. The lowest BCUT2D eigenvalue weighted by Crippen LogP contribution is -2.29. The number of carbonyl (C=O) groups excluding carboxylic acids is 2. The Kier molecular flexibility index (Phi) is 9.81. The highest BCUT2D eigenvalue weighted by Gasteiger charge is 2.48. The van der Waals surface area contributed by atoms with Gasteiger partial charge in [0.25, 0.3) is 5.78 Å². The van der Waals surface area contributed by atoms with Crippen molar-refractivity contribution in [3.63, 3.8) is 0 Å². The molecule has 12 heteroatoms. The summed E-state index contributed by atoms with van der Waals surface area (Å²) in [5, 5.41) is 20.1. The lowest BCUT2D eigenvalue weighted by atomic mass is 9.95. The van der Waals surface area contributed by atoms with Crippen LogP contribution in [0.1, 0.15) is 42.5 Å². The first-order valence-electron chi connectivity index (χ1n) is 13.8. The van der Waals surface area contributed by atoms with Crippen LogP contribution in [0.3, 0.4) is 0 Å². The molecule has 0 saturated carbocycles. The van der Waals surface area contributed by atoms with Crippen LogP contribution in [0.2, 0.25) is 0 Å². The van der Waals surface area contributed by atoms with Crippen molar-refractivity contribution in [2.45, 2.75) is 35.9 Å². The van der Waals surface area contributed by atoms with Gasteiger partial charge in [-0.1, -0.05) is 54.6 Å². The molecule has 1 aliphatic heterocycles. The van der Waals surface area contributed by atoms with Gasteiger partial charge in [0.2, 0.25) is 5.13 Å². The van der Waals surface area contributed by atoms with Crippen LogP contribution in [-0.4, -0.2) is 47.8 Å². The predicted octanol–water partition coefficient (Wildman–Crippen LogP) is 6.79. The summed E-state index contributed by atoms with van der Waals surface area (Å²) in [6.45, 7) is 2.57. The maximum atomic E-state index is 13.6. The Bertz CT molecular complexity index is 1670. The van der Waals surface area contributed by atoms with Gasteiger partial charge < -0.3 is 19.3 Å². The summed E-state index contributed by atoms with van der Waals surface area (Å²) in [5.74, 6) is -0.351. The van der Waals surface area contributed by atoms with Gasteiger partial charge in [0.1, 0.15) is 17.3 Å². The summed E-state index contributed by atoms with van der Waals surface area (Å²) in [4.78, 5) is 28.4. The van der Waals surface area contributed by atoms with Gasteiger partial charge in [-0.3, -0.25) is 14.5 Å². The highest BCUT2D eigenvalue weighted by atomic mass is 32.2. The molecular weight excluding hydrogens is 605 g/mol. The second-order valence-corrected chi connectivity index (χ2v) is 12.0. The van der Waals surface area contributed by atoms with Crippen molar-refractivity contribution < 1.29 is 33.3 Å². The average molecular weight is 636 g/mol. The monoisotopic (exact) mass is 635 g/mol. The number of hydrogen-bond donors (Lipinski definition) is 1. The number of ether oxygens (including phenoxy) is 3. The minimum Gasteiger partial charge on any atom is -0.507 e. The first kappa shape index (κ1) is 31.0. The maximum Gasteiger partial charge on any atom is 0.301 e. The molecule has 3 aromatic carbocycles. The highest BCUT2D eigenvalue weighted by Crippen LogP contribution is 2.45. The van der Waals surface area contributed by atoms with E-state index in [-0.39, 0.29) is 22.3 Å². The number of rotatable bonds is 12. The zero-order chi connectivity index (χ0) is 31.2. The number of aromatic nitrogens is 2. The Morgan fingerprint density at radius 1 is 1.00 bits per heavy atom. The first-order chi connectivity index (χ1) is 21.3. The van der Waals surface area contributed by atoms with E-state index in [2.05, 4.69) is 17.1 Å². The molecule has 4 aromatic rings. The number of nitrogens with zero attached hydrogens (tertiary/aromatic N) is 3. The van der Waals surface area contributed by atoms with E-state index in [1.165, 1.54) is 43.0 Å². The van der Waals surface area contributed by atoms with Gasteiger partial charge >= 0.3 is 5.91 Å². The zero-order valence-electron chi connectivity index (χ0n) is 24.3. The van der Waals surface area contributed by atoms with E-state index < -0.39 is 17.7 Å². The molecule has 0 radical (unpaired) electrons. The molecule has 228 valence electrons. The van der Waals surface area contributed by atoms with Crippen LogP contribution in [0, 0.1) is 5.82 Å². The summed E-state index contributed by atoms with van der Waals surface area (Å²) in [7, 11) is 3.03. The van der Waals surface area contributed by atoms with Gasteiger partial charge in [0.15, 0.2) is 15.8 Å². The molecular formula is C32H30FN3O6S2. The number of carbonyl (C=O) groups is 2. The summed E-state index contributed by atoms with van der Waals surface area (Å²) >= 11 is 2.51. The Balaban J connectivity index is 1.55. The lowest BCUT2D eigenvalue weighted by molar-refractivity contribution is -0.132. The van der Waals surface area contributed by atoms with Crippen LogP contribution < -0.4 is 19.1 Å². The third kappa shape index (κ3) is 6.56. The van der Waals surface area contributed by atoms with Crippen molar-refractivity contribution in [3.05, 3.63) is 94.8 Å². The molecule has 0 aliphatic carbocycles. The third-order valence-electron chi connectivity index (χ3n) is 6.94. The molecule has 1 fully saturated rings. The quantitative estimate of drug-likeness (QED) is 0.0449. The fraction of sp³-hybridized carbons (Fsp3) is 0.250. The molecule has 0 spiro atoms. The van der Waals surface area contributed by atoms with Crippen LogP contribution >= 0.6 is 23.1 Å². The summed E-state index contributed by atoms with van der Waals surface area (Å²) in [6.07, 6.45) is 1.83. The molecule has 5 rings (SSSR count). The molecule has 1 aliphatic rings. The molecule has 1 aromatic heterocycles. The van der Waals surface area contributed by atoms with Crippen LogP contribution in [0.15, 0.2) is 76.6 Å². The molecule has 9 nitrogen and oxygen atoms in total. The number of anilines is 1. The molecule has 1 N–H and O–H groups in total. The highest BCUT2D eigenvalue weighted by molar-refractivity contribution is 8.00. The molecule has 1 unspecified atom stereocenters. The molecule has 1 saturated heterocycles. The largest absolute Gasteiger partial charge is 0.507 e. The number of ketones is 1. The van der Waals surface area contributed by atoms with Crippen molar-refractivity contribution in [3.8, 4) is 17.2 Å². The fourth-order valence-electron chi connectivity index (χ4n) is 4.63. The number of thioether (sulfide) groups is 1. The molecule has 0 bridgehead atoms. The van der Waals surface area contributed by atoms with Crippen LogP contribution in [0.4, 0.5) is 9.52 Å². The number of methoxy groups -OCH3 is 2. The van der Waals surface area contributed by atoms with E-state index in [1.54, 1.807) is 54.6 Å². The number of hydrogen-bond acceptors (Lipinski definition) is 10. The van der Waals surface area contributed by atoms with Crippen LogP contribution in [0.25, 0.3) is 5.76 Å². The number of halogens is 1. The van der Waals surface area contributed by atoms with Gasteiger partial charge in [0, 0.05) is 11.3 Å². The topological polar surface area (TPSA) is 111 Å². The standard InChI is InChI=1S/C32H30FN3O6S2/c1-4-5-16-42-24-15-10-21(17-25(24)41-3)27-26(28(37)20-8-13-23(40-2)14-9-20)29(38)30(39)36(27)31-34-35-32(44-31)43-18-19-6-11-22(33)12-7-19/h6-15,17,27,37H,4-5,16,18H2,1-3H3/b28-26-. The van der Waals surface area contributed by atoms with E-state index in [4.69, 9.17) is 14.2 Å². The number of aliphatic hydroxyl groups is 1. The second-order valence-electron chi connectivity index (χ2n) is 9.78. The Labute approximate surface area is 262 Å². The smallest absolute Gasteiger partial charge is 0.301 e. The first-order valence-corrected chi connectivity index (χ1v) is 15.6. The van der Waals surface area contributed by atoms with Gasteiger partial charge in [-0.2, -0.15) is 0 Å². The van der Waals surface area contributed by atoms with Crippen molar-refractivity contribution in [1.29, 1.82) is 0 Å². The Morgan fingerprint density at radius 3 is 2.43 bits per heavy atom. The van der Waals surface area contributed by atoms with E-state index in [0.717, 1.165) is 29.7 Å². The van der Waals surface area contributed by atoms with Crippen LogP contribution in [0.5, 0.6) is 17.2 Å². The fourth-order valence-corrected chi connectivity index (χ4v) is 6.46. The van der Waals surface area contributed by atoms with Crippen molar-refractivity contribution >= 4 is 45.7 Å². The minimum atomic E-state index is -1.03. The predicted molar refractivity (Wildman–Crippen MR) is 167 cm³/mol. The molecule has 44 heavy (non-hydrogen) atoms. The SMILES string of the molecule is CCCCOc1ccc(C2/C(=C(/O)c3ccc(OC)cc3)C(=O)C(=O)N2c2nnc(SCc3ccc(F)cc3)s2)cc1OC. The van der Waals surface area contributed by atoms with Gasteiger partial charge in [-0.15, -0.1) is 10.2 Å². The molecule has 2 heterocycles. The van der Waals surface area contributed by atoms with Gasteiger partial charge in [-0.05, 0) is 66.1 Å². The average Bonchev–Trinajstić information content (AvgIpc) is 3.62. The summed E-state index contributed by atoms with van der Waals surface area (Å²) in [6, 6.07) is 16.8. The van der Waals surface area contributed by atoms with Crippen molar-refractivity contribution in [2.24, 2.45) is 0 Å². The minimum absolute atomic E-state index is 0.0995. The maximum absolute atomic E-state index is 13.6. The summed E-state index contributed by atoms with van der Waals surface area (Å²) in [5.41, 5.74) is 1.64. The Morgan fingerprint density at radius 2 is 1.75 bits per heavy atom. The van der Waals surface area contributed by atoms with E-state index >= 15 is 0 Å². The third-order valence-corrected chi connectivity index (χ3v) is 9.07.